The molecule has 4 aromatic rings. The van der Waals surface area contributed by atoms with Crippen molar-refractivity contribution in [3.63, 3.8) is 0 Å². The maximum atomic E-state index is 5.80. The van der Waals surface area contributed by atoms with Crippen molar-refractivity contribution in [2.45, 2.75) is 32.4 Å². The lowest BCUT2D eigenvalue weighted by atomic mass is 10.00. The molecule has 2 aromatic carbocycles. The van der Waals surface area contributed by atoms with Crippen molar-refractivity contribution in [2.24, 2.45) is 0 Å². The van der Waals surface area contributed by atoms with Crippen molar-refractivity contribution in [3.05, 3.63) is 53.9 Å². The zero-order valence-corrected chi connectivity index (χ0v) is 21.6. The molecule has 2 aromatic heterocycles. The molecule has 3 heterocycles. The molecule has 35 heavy (non-hydrogen) atoms. The van der Waals surface area contributed by atoms with E-state index in [4.69, 9.17) is 14.5 Å². The maximum Gasteiger partial charge on any atom is 0.186 e. The standard InChI is InChI=1S/C25H31N7O2S/c1-25(2,3)32-23(27-28-29-32)22(18-11-10-17(33-4)16-20(18)34-5)30-12-14-31(15-13-30)24-26-19-8-6-7-9-21(19)35-24/h6-11,16,22H,12-15H2,1-5H3/t22-/m0/s1. The van der Waals surface area contributed by atoms with Crippen molar-refractivity contribution < 1.29 is 9.47 Å². The van der Waals surface area contributed by atoms with Crippen LogP contribution in [0, 0.1) is 0 Å². The summed E-state index contributed by atoms with van der Waals surface area (Å²) in [5.41, 5.74) is 1.81. The average molecular weight is 494 g/mol. The number of aromatic nitrogens is 5. The Kier molecular flexibility index (Phi) is 6.33. The minimum Gasteiger partial charge on any atom is -0.497 e. The van der Waals surface area contributed by atoms with E-state index in [-0.39, 0.29) is 11.6 Å². The molecule has 1 fully saturated rings. The molecule has 0 bridgehead atoms. The van der Waals surface area contributed by atoms with Crippen LogP contribution in [0.5, 0.6) is 11.5 Å². The lowest BCUT2D eigenvalue weighted by Gasteiger charge is -2.39. The van der Waals surface area contributed by atoms with Crippen LogP contribution in [-0.4, -0.2) is 70.5 Å². The van der Waals surface area contributed by atoms with Crippen LogP contribution in [0.1, 0.15) is 38.2 Å². The second-order valence-electron chi connectivity index (χ2n) is 9.62. The number of para-hydroxylation sites is 1. The zero-order valence-electron chi connectivity index (χ0n) is 20.8. The number of benzene rings is 2. The Hall–Kier alpha value is -3.24. The highest BCUT2D eigenvalue weighted by atomic mass is 32.1. The summed E-state index contributed by atoms with van der Waals surface area (Å²) in [7, 11) is 3.35. The summed E-state index contributed by atoms with van der Waals surface area (Å²) in [5, 5.41) is 14.0. The number of tetrazole rings is 1. The van der Waals surface area contributed by atoms with Crippen LogP contribution >= 0.6 is 11.3 Å². The van der Waals surface area contributed by atoms with Crippen LogP contribution in [0.15, 0.2) is 42.5 Å². The van der Waals surface area contributed by atoms with Gasteiger partial charge in [0.1, 0.15) is 17.5 Å². The number of hydrogen-bond donors (Lipinski definition) is 0. The molecule has 0 aliphatic carbocycles. The van der Waals surface area contributed by atoms with Gasteiger partial charge < -0.3 is 14.4 Å². The van der Waals surface area contributed by atoms with Gasteiger partial charge in [-0.05, 0) is 55.5 Å². The molecular weight excluding hydrogens is 462 g/mol. The largest absolute Gasteiger partial charge is 0.497 e. The molecule has 0 saturated carbocycles. The molecule has 1 aliphatic rings. The summed E-state index contributed by atoms with van der Waals surface area (Å²) >= 11 is 1.75. The topological polar surface area (TPSA) is 81.4 Å². The molecule has 9 nitrogen and oxygen atoms in total. The van der Waals surface area contributed by atoms with Crippen LogP contribution in [0.4, 0.5) is 5.13 Å². The normalized spacial score (nSPS) is 16.0. The second-order valence-corrected chi connectivity index (χ2v) is 10.6. The molecule has 1 aliphatic heterocycles. The van der Waals surface area contributed by atoms with E-state index in [2.05, 4.69) is 70.4 Å². The average Bonchev–Trinajstić information content (AvgIpc) is 3.52. The second kappa shape index (κ2) is 9.43. The van der Waals surface area contributed by atoms with E-state index in [0.717, 1.165) is 59.7 Å². The SMILES string of the molecule is COc1ccc([C@@H](c2nnnn2C(C)(C)C)N2CCN(c3nc4ccccc4s3)CC2)c(OC)c1. The van der Waals surface area contributed by atoms with Crippen molar-refractivity contribution >= 4 is 26.7 Å². The van der Waals surface area contributed by atoms with Crippen LogP contribution in [0.2, 0.25) is 0 Å². The van der Waals surface area contributed by atoms with Crippen LogP contribution < -0.4 is 14.4 Å². The van der Waals surface area contributed by atoms with Crippen molar-refractivity contribution in [1.82, 2.24) is 30.1 Å². The summed E-state index contributed by atoms with van der Waals surface area (Å²) in [5.74, 6) is 2.31. The van der Waals surface area contributed by atoms with Gasteiger partial charge in [0.05, 0.1) is 30.0 Å². The first-order chi connectivity index (χ1) is 16.9. The Labute approximate surface area is 209 Å². The van der Waals surface area contributed by atoms with E-state index in [0.29, 0.717) is 0 Å². The van der Waals surface area contributed by atoms with Gasteiger partial charge in [0.2, 0.25) is 0 Å². The molecule has 1 saturated heterocycles. The third-order valence-corrected chi connectivity index (χ3v) is 7.44. The van der Waals surface area contributed by atoms with E-state index in [1.807, 2.05) is 22.9 Å². The lowest BCUT2D eigenvalue weighted by molar-refractivity contribution is 0.188. The number of rotatable bonds is 6. The fourth-order valence-corrected chi connectivity index (χ4v) is 5.57. The fourth-order valence-electron chi connectivity index (χ4n) is 4.55. The number of nitrogens with zero attached hydrogens (tertiary/aromatic N) is 7. The van der Waals surface area contributed by atoms with Gasteiger partial charge in [-0.2, -0.15) is 0 Å². The zero-order chi connectivity index (χ0) is 24.6. The van der Waals surface area contributed by atoms with Crippen molar-refractivity contribution in [1.29, 1.82) is 0 Å². The number of piperazine rings is 1. The van der Waals surface area contributed by atoms with Crippen LogP contribution in [0.3, 0.4) is 0 Å². The van der Waals surface area contributed by atoms with Crippen molar-refractivity contribution in [3.8, 4) is 11.5 Å². The van der Waals surface area contributed by atoms with E-state index >= 15 is 0 Å². The van der Waals surface area contributed by atoms with E-state index < -0.39 is 0 Å². The number of hydrogen-bond acceptors (Lipinski definition) is 9. The van der Waals surface area contributed by atoms with Gasteiger partial charge in [-0.3, -0.25) is 4.90 Å². The quantitative estimate of drug-likeness (QED) is 0.399. The smallest absolute Gasteiger partial charge is 0.186 e. The van der Waals surface area contributed by atoms with Gasteiger partial charge in [-0.25, -0.2) is 9.67 Å². The predicted molar refractivity (Wildman–Crippen MR) is 138 cm³/mol. The molecule has 0 N–H and O–H groups in total. The van der Waals surface area contributed by atoms with Gasteiger partial charge in [0.25, 0.3) is 0 Å². The summed E-state index contributed by atoms with van der Waals surface area (Å²) in [6.45, 7) is 9.75. The fraction of sp³-hybridized carbons (Fsp3) is 0.440. The number of fused-ring (bicyclic) bond motifs is 1. The number of methoxy groups -OCH3 is 2. The lowest BCUT2D eigenvalue weighted by Crippen LogP contribution is -2.48. The summed E-state index contributed by atoms with van der Waals surface area (Å²) in [6.07, 6.45) is 0. The highest BCUT2D eigenvalue weighted by molar-refractivity contribution is 7.22. The molecule has 184 valence electrons. The Bertz CT molecular complexity index is 1270. The van der Waals surface area contributed by atoms with E-state index in [1.165, 1.54) is 4.70 Å². The third-order valence-electron chi connectivity index (χ3n) is 6.34. The maximum absolute atomic E-state index is 5.80. The Balaban J connectivity index is 1.48. The summed E-state index contributed by atoms with van der Waals surface area (Å²) in [6, 6.07) is 14.1. The molecule has 10 heteroatoms. The highest BCUT2D eigenvalue weighted by Crippen LogP contribution is 2.38. The molecule has 5 rings (SSSR count). The first kappa shape index (κ1) is 23.5. The van der Waals surface area contributed by atoms with Gasteiger partial charge in [0, 0.05) is 37.8 Å². The van der Waals surface area contributed by atoms with Gasteiger partial charge in [-0.15, -0.1) is 5.10 Å². The van der Waals surface area contributed by atoms with Crippen molar-refractivity contribution in [2.75, 3.05) is 45.3 Å². The Morgan fingerprint density at radius 2 is 1.74 bits per heavy atom. The third kappa shape index (κ3) is 4.55. The number of ether oxygens (including phenoxy) is 2. The summed E-state index contributed by atoms with van der Waals surface area (Å²) in [4.78, 5) is 9.67. The Morgan fingerprint density at radius 3 is 2.43 bits per heavy atom. The highest BCUT2D eigenvalue weighted by Gasteiger charge is 2.35. The van der Waals surface area contributed by atoms with E-state index in [9.17, 15) is 0 Å². The molecule has 0 radical (unpaired) electrons. The van der Waals surface area contributed by atoms with E-state index in [1.54, 1.807) is 25.6 Å². The molecule has 1 atom stereocenters. The monoisotopic (exact) mass is 493 g/mol. The van der Waals surface area contributed by atoms with Gasteiger partial charge >= 0.3 is 0 Å². The predicted octanol–water partition coefficient (Wildman–Crippen LogP) is 3.97. The summed E-state index contributed by atoms with van der Waals surface area (Å²) < 4.78 is 14.4. The first-order valence-electron chi connectivity index (χ1n) is 11.7. The number of thiazole rings is 1. The molecular formula is C25H31N7O2S. The van der Waals surface area contributed by atoms with Gasteiger partial charge in [-0.1, -0.05) is 23.5 Å². The molecule has 0 spiro atoms. The minimum atomic E-state index is -0.264. The van der Waals surface area contributed by atoms with Gasteiger partial charge in [0.15, 0.2) is 11.0 Å². The number of anilines is 1. The van der Waals surface area contributed by atoms with Crippen LogP contribution in [0.25, 0.3) is 10.2 Å². The minimum absolute atomic E-state index is 0.164. The van der Waals surface area contributed by atoms with Crippen LogP contribution in [-0.2, 0) is 5.54 Å². The molecule has 0 unspecified atom stereocenters. The first-order valence-corrected chi connectivity index (χ1v) is 12.6. The molecule has 0 amide bonds. The Morgan fingerprint density at radius 1 is 0.971 bits per heavy atom.